The van der Waals surface area contributed by atoms with Crippen molar-refractivity contribution in [3.8, 4) is 0 Å². The van der Waals surface area contributed by atoms with Gasteiger partial charge in [-0.1, -0.05) is 0 Å². The highest BCUT2D eigenvalue weighted by atomic mass is 15.2. The maximum atomic E-state index is 3.44. The van der Waals surface area contributed by atoms with Gasteiger partial charge in [-0.2, -0.15) is 0 Å². The molecule has 1 aliphatic rings. The average Bonchev–Trinajstić information content (AvgIpc) is 2.57. The Hall–Kier alpha value is -0.800. The fourth-order valence-electron chi connectivity index (χ4n) is 1.86. The summed E-state index contributed by atoms with van der Waals surface area (Å²) in [6.07, 6.45) is 1.99. The van der Waals surface area contributed by atoms with Gasteiger partial charge in [-0.25, -0.2) is 0 Å². The summed E-state index contributed by atoms with van der Waals surface area (Å²) in [5.41, 5.74) is 1.31. The van der Waals surface area contributed by atoms with Gasteiger partial charge in [-0.05, 0) is 19.1 Å². The predicted octanol–water partition coefficient (Wildman–Crippen LogP) is 0.808. The molecule has 0 saturated carbocycles. The number of H-pyrrole nitrogens is 1. The van der Waals surface area contributed by atoms with Crippen LogP contribution in [0.3, 0.4) is 0 Å². The van der Waals surface area contributed by atoms with Gasteiger partial charge in [-0.15, -0.1) is 0 Å². The predicted molar refractivity (Wildman–Crippen MR) is 53.5 cm³/mol. The van der Waals surface area contributed by atoms with Crippen molar-refractivity contribution in [1.82, 2.24) is 15.2 Å². The van der Waals surface area contributed by atoms with E-state index < -0.39 is 0 Å². The Morgan fingerprint density at radius 3 is 3.23 bits per heavy atom. The Labute approximate surface area is 79.1 Å². The van der Waals surface area contributed by atoms with Gasteiger partial charge in [0, 0.05) is 44.1 Å². The Morgan fingerprint density at radius 2 is 2.54 bits per heavy atom. The van der Waals surface area contributed by atoms with Crippen LogP contribution in [-0.4, -0.2) is 35.6 Å². The monoisotopic (exact) mass is 179 g/mol. The van der Waals surface area contributed by atoms with Crippen LogP contribution < -0.4 is 5.32 Å². The number of rotatable bonds is 2. The maximum Gasteiger partial charge on any atom is 0.0386 e. The highest BCUT2D eigenvalue weighted by molar-refractivity contribution is 5.03. The Balaban J connectivity index is 1.87. The fraction of sp³-hybridized carbons (Fsp3) is 0.600. The fourth-order valence-corrected chi connectivity index (χ4v) is 1.86. The second-order valence-electron chi connectivity index (χ2n) is 3.79. The van der Waals surface area contributed by atoms with Crippen LogP contribution in [0, 0.1) is 0 Å². The molecule has 2 heterocycles. The third-order valence-corrected chi connectivity index (χ3v) is 2.51. The van der Waals surface area contributed by atoms with E-state index >= 15 is 0 Å². The molecule has 1 atom stereocenters. The first-order valence-electron chi connectivity index (χ1n) is 4.92. The molecular weight excluding hydrogens is 162 g/mol. The van der Waals surface area contributed by atoms with Crippen LogP contribution in [0.2, 0.25) is 0 Å². The third-order valence-electron chi connectivity index (χ3n) is 2.51. The average molecular weight is 179 g/mol. The van der Waals surface area contributed by atoms with Gasteiger partial charge < -0.3 is 10.3 Å². The summed E-state index contributed by atoms with van der Waals surface area (Å²) in [4.78, 5) is 5.72. The summed E-state index contributed by atoms with van der Waals surface area (Å²) in [5, 5.41) is 3.44. The van der Waals surface area contributed by atoms with Crippen molar-refractivity contribution in [3.63, 3.8) is 0 Å². The van der Waals surface area contributed by atoms with Crippen molar-refractivity contribution >= 4 is 0 Å². The molecule has 0 spiro atoms. The Morgan fingerprint density at radius 1 is 1.62 bits per heavy atom. The molecular formula is C10H17N3. The summed E-state index contributed by atoms with van der Waals surface area (Å²) in [6, 6.07) is 4.83. The minimum absolute atomic E-state index is 0.628. The largest absolute Gasteiger partial charge is 0.364 e. The summed E-state index contributed by atoms with van der Waals surface area (Å²) in [6.45, 7) is 6.71. The van der Waals surface area contributed by atoms with E-state index in [4.69, 9.17) is 0 Å². The molecule has 1 aromatic heterocycles. The van der Waals surface area contributed by atoms with E-state index in [-0.39, 0.29) is 0 Å². The normalized spacial score (nSPS) is 24.8. The third kappa shape index (κ3) is 2.32. The molecule has 0 bridgehead atoms. The van der Waals surface area contributed by atoms with Gasteiger partial charge in [0.15, 0.2) is 0 Å². The minimum Gasteiger partial charge on any atom is -0.364 e. The topological polar surface area (TPSA) is 31.1 Å². The van der Waals surface area contributed by atoms with Gasteiger partial charge >= 0.3 is 0 Å². The molecule has 1 fully saturated rings. The first-order chi connectivity index (χ1) is 6.34. The van der Waals surface area contributed by atoms with Crippen molar-refractivity contribution in [1.29, 1.82) is 0 Å². The van der Waals surface area contributed by atoms with Crippen LogP contribution in [0.25, 0.3) is 0 Å². The lowest BCUT2D eigenvalue weighted by atomic mass is 10.2. The molecule has 1 saturated heterocycles. The summed E-state index contributed by atoms with van der Waals surface area (Å²) in [5.74, 6) is 0. The van der Waals surface area contributed by atoms with Gasteiger partial charge in [0.1, 0.15) is 0 Å². The zero-order valence-electron chi connectivity index (χ0n) is 8.09. The Bertz CT molecular complexity index is 243. The van der Waals surface area contributed by atoms with E-state index in [0.29, 0.717) is 6.04 Å². The van der Waals surface area contributed by atoms with Crippen LogP contribution in [-0.2, 0) is 6.54 Å². The summed E-state index contributed by atoms with van der Waals surface area (Å²) >= 11 is 0. The van der Waals surface area contributed by atoms with E-state index in [1.807, 2.05) is 6.20 Å². The van der Waals surface area contributed by atoms with Gasteiger partial charge in [0.2, 0.25) is 0 Å². The molecule has 3 heteroatoms. The molecule has 0 aliphatic carbocycles. The van der Waals surface area contributed by atoms with Crippen LogP contribution in [0.1, 0.15) is 12.6 Å². The second-order valence-corrected chi connectivity index (χ2v) is 3.79. The highest BCUT2D eigenvalue weighted by Gasteiger charge is 2.15. The molecule has 2 rings (SSSR count). The van der Waals surface area contributed by atoms with Crippen LogP contribution in [0.15, 0.2) is 18.3 Å². The van der Waals surface area contributed by atoms with Crippen molar-refractivity contribution in [2.24, 2.45) is 0 Å². The number of aromatic amines is 1. The number of nitrogens with one attached hydrogen (secondary N) is 2. The maximum absolute atomic E-state index is 3.44. The minimum atomic E-state index is 0.628. The lowest BCUT2D eigenvalue weighted by molar-refractivity contribution is 0.198. The summed E-state index contributed by atoms with van der Waals surface area (Å²) < 4.78 is 0. The molecule has 0 radical (unpaired) electrons. The lowest BCUT2D eigenvalue weighted by Gasteiger charge is -2.31. The van der Waals surface area contributed by atoms with Crippen LogP contribution in [0.4, 0.5) is 0 Å². The molecule has 3 nitrogen and oxygen atoms in total. The standard InChI is InChI=1S/C10H17N3/c1-9-7-13(6-5-11-9)8-10-3-2-4-12-10/h2-4,9,11-12H,5-8H2,1H3. The molecule has 1 unspecified atom stereocenters. The van der Waals surface area contributed by atoms with Crippen molar-refractivity contribution in [3.05, 3.63) is 24.0 Å². The van der Waals surface area contributed by atoms with Crippen LogP contribution in [0.5, 0.6) is 0 Å². The number of nitrogens with zero attached hydrogens (tertiary/aromatic N) is 1. The lowest BCUT2D eigenvalue weighted by Crippen LogP contribution is -2.48. The smallest absolute Gasteiger partial charge is 0.0386 e. The second kappa shape index (κ2) is 3.94. The van der Waals surface area contributed by atoms with Crippen LogP contribution >= 0.6 is 0 Å². The van der Waals surface area contributed by atoms with E-state index in [9.17, 15) is 0 Å². The number of hydrogen-bond donors (Lipinski definition) is 2. The summed E-state index contributed by atoms with van der Waals surface area (Å²) in [7, 11) is 0. The quantitative estimate of drug-likeness (QED) is 0.704. The van der Waals surface area contributed by atoms with Gasteiger partial charge in [0.25, 0.3) is 0 Å². The zero-order valence-corrected chi connectivity index (χ0v) is 8.09. The zero-order chi connectivity index (χ0) is 9.10. The molecule has 0 amide bonds. The number of hydrogen-bond acceptors (Lipinski definition) is 2. The molecule has 1 aliphatic heterocycles. The number of piperazine rings is 1. The Kier molecular flexibility index (Phi) is 2.66. The first kappa shape index (κ1) is 8.78. The van der Waals surface area contributed by atoms with Crippen molar-refractivity contribution in [2.75, 3.05) is 19.6 Å². The van der Waals surface area contributed by atoms with Crippen molar-refractivity contribution in [2.45, 2.75) is 19.5 Å². The highest BCUT2D eigenvalue weighted by Crippen LogP contribution is 2.04. The van der Waals surface area contributed by atoms with Gasteiger partial charge in [0.05, 0.1) is 0 Å². The van der Waals surface area contributed by atoms with E-state index in [1.54, 1.807) is 0 Å². The first-order valence-corrected chi connectivity index (χ1v) is 4.92. The van der Waals surface area contributed by atoms with Crippen molar-refractivity contribution < 1.29 is 0 Å². The molecule has 2 N–H and O–H groups in total. The molecule has 1 aromatic rings. The van der Waals surface area contributed by atoms with E-state index in [0.717, 1.165) is 26.2 Å². The molecule has 0 aromatic carbocycles. The van der Waals surface area contributed by atoms with E-state index in [2.05, 4.69) is 34.3 Å². The SMILES string of the molecule is CC1CN(Cc2ccc[nH]2)CCN1. The van der Waals surface area contributed by atoms with Gasteiger partial charge in [-0.3, -0.25) is 4.90 Å². The van der Waals surface area contributed by atoms with E-state index in [1.165, 1.54) is 5.69 Å². The molecule has 72 valence electrons. The number of aromatic nitrogens is 1. The molecule has 13 heavy (non-hydrogen) atoms.